The molecule has 0 spiro atoms. The molecule has 1 aromatic heterocycles. The van der Waals surface area contributed by atoms with Crippen molar-refractivity contribution in [2.24, 2.45) is 0 Å². The van der Waals surface area contributed by atoms with Crippen LogP contribution in [0.15, 0.2) is 53.1 Å². The lowest BCUT2D eigenvalue weighted by molar-refractivity contribution is -0.152. The van der Waals surface area contributed by atoms with E-state index in [-0.39, 0.29) is 5.92 Å². The largest absolute Gasteiger partial charge is 0.478 e. The molecule has 0 amide bonds. The third kappa shape index (κ3) is 7.05. The number of carbonyl (C=O) groups is 1. The van der Waals surface area contributed by atoms with Gasteiger partial charge in [-0.1, -0.05) is 43.5 Å². The van der Waals surface area contributed by atoms with Crippen molar-refractivity contribution in [3.63, 3.8) is 0 Å². The molecule has 0 saturated heterocycles. The molecule has 1 N–H and O–H groups in total. The number of hydrogen-bond donors (Lipinski definition) is 1. The molecule has 4 rings (SSSR count). The lowest BCUT2D eigenvalue weighted by Gasteiger charge is -2.22. The van der Waals surface area contributed by atoms with Crippen molar-refractivity contribution in [3.05, 3.63) is 71.1 Å². The Morgan fingerprint density at radius 3 is 2.26 bits per heavy atom. The fourth-order valence-electron chi connectivity index (χ4n) is 4.47. The van der Waals surface area contributed by atoms with Crippen LogP contribution in [-0.2, 0) is 23.9 Å². The Morgan fingerprint density at radius 1 is 1.03 bits per heavy atom. The van der Waals surface area contributed by atoms with Gasteiger partial charge in [0.15, 0.2) is 5.60 Å². The quantitative estimate of drug-likeness (QED) is 0.314. The maximum Gasteiger partial charge on any atom is 0.416 e. The third-order valence-electron chi connectivity index (χ3n) is 6.80. The number of benzene rings is 2. The fraction of sp³-hybridized carbons (Fsp3) is 0.464. The zero-order valence-electron chi connectivity index (χ0n) is 21.5. The van der Waals surface area contributed by atoms with Gasteiger partial charge in [-0.05, 0) is 73.7 Å². The standard InChI is InChI=1S/C28H32F3N3O4/c1-27(2,25(35)36)37-23-14-10-19(11-15-23)16-17-34(18-20-8-12-22(13-9-20)28(29,30)31)26-32-24(38-33-26)21-6-4-3-5-7-21/h8-15,21H,3-7,16-18H2,1-2H3,(H,35,36). The van der Waals surface area contributed by atoms with Gasteiger partial charge in [-0.3, -0.25) is 0 Å². The summed E-state index contributed by atoms with van der Waals surface area (Å²) in [5, 5.41) is 13.5. The molecule has 10 heteroatoms. The maximum absolute atomic E-state index is 13.0. The van der Waals surface area contributed by atoms with Crippen LogP contribution in [0.5, 0.6) is 5.75 Å². The Bertz CT molecular complexity index is 1200. The summed E-state index contributed by atoms with van der Waals surface area (Å²) >= 11 is 0. The summed E-state index contributed by atoms with van der Waals surface area (Å²) in [6.45, 7) is 3.77. The van der Waals surface area contributed by atoms with Crippen LogP contribution in [0, 0.1) is 0 Å². The number of halogens is 3. The molecule has 0 radical (unpaired) electrons. The maximum atomic E-state index is 13.0. The van der Waals surface area contributed by atoms with Gasteiger partial charge in [-0.25, -0.2) is 4.79 Å². The Hall–Kier alpha value is -3.56. The minimum absolute atomic E-state index is 0.237. The van der Waals surface area contributed by atoms with Crippen LogP contribution in [-0.4, -0.2) is 33.4 Å². The molecule has 1 heterocycles. The second kappa shape index (κ2) is 11.4. The lowest BCUT2D eigenvalue weighted by atomic mass is 9.89. The van der Waals surface area contributed by atoms with Gasteiger partial charge in [-0.15, -0.1) is 0 Å². The molecule has 7 nitrogen and oxygen atoms in total. The summed E-state index contributed by atoms with van der Waals surface area (Å²) < 4.78 is 50.2. The van der Waals surface area contributed by atoms with E-state index in [1.807, 2.05) is 17.0 Å². The highest BCUT2D eigenvalue weighted by Crippen LogP contribution is 2.33. The van der Waals surface area contributed by atoms with Crippen LogP contribution in [0.25, 0.3) is 0 Å². The molecule has 3 aromatic rings. The summed E-state index contributed by atoms with van der Waals surface area (Å²) in [6.07, 6.45) is 1.67. The first kappa shape index (κ1) is 27.5. The van der Waals surface area contributed by atoms with Crippen LogP contribution in [0.2, 0.25) is 0 Å². The van der Waals surface area contributed by atoms with Crippen molar-refractivity contribution in [2.45, 2.75) is 76.6 Å². The van der Waals surface area contributed by atoms with E-state index in [0.717, 1.165) is 43.4 Å². The normalized spacial score (nSPS) is 14.9. The minimum Gasteiger partial charge on any atom is -0.478 e. The second-order valence-electron chi connectivity index (χ2n) is 10.2. The first-order valence-corrected chi connectivity index (χ1v) is 12.8. The summed E-state index contributed by atoms with van der Waals surface area (Å²) in [5.41, 5.74) is -0.379. The molecule has 1 aliphatic rings. The predicted octanol–water partition coefficient (Wildman–Crippen LogP) is 6.63. The molecule has 0 atom stereocenters. The first-order chi connectivity index (χ1) is 18.0. The van der Waals surface area contributed by atoms with E-state index < -0.39 is 23.3 Å². The van der Waals surface area contributed by atoms with E-state index in [0.29, 0.717) is 42.7 Å². The summed E-state index contributed by atoms with van der Waals surface area (Å²) in [4.78, 5) is 17.9. The summed E-state index contributed by atoms with van der Waals surface area (Å²) in [5.74, 6) is 0.639. The van der Waals surface area contributed by atoms with Crippen molar-refractivity contribution < 1.29 is 32.3 Å². The topological polar surface area (TPSA) is 88.7 Å². The summed E-state index contributed by atoms with van der Waals surface area (Å²) in [7, 11) is 0. The number of aromatic nitrogens is 2. The van der Waals surface area contributed by atoms with Crippen molar-refractivity contribution in [2.75, 3.05) is 11.4 Å². The number of carboxylic acid groups (broad SMARTS) is 1. The second-order valence-corrected chi connectivity index (χ2v) is 10.2. The van der Waals surface area contributed by atoms with Crippen LogP contribution >= 0.6 is 0 Å². The Labute approximate surface area is 219 Å². The van der Waals surface area contributed by atoms with Crippen molar-refractivity contribution in [3.8, 4) is 5.75 Å². The molecule has 38 heavy (non-hydrogen) atoms. The van der Waals surface area contributed by atoms with Gasteiger partial charge >= 0.3 is 12.1 Å². The van der Waals surface area contributed by atoms with Gasteiger partial charge in [0.2, 0.25) is 5.89 Å². The molecule has 0 bridgehead atoms. The minimum atomic E-state index is -4.39. The Morgan fingerprint density at radius 2 is 1.66 bits per heavy atom. The number of anilines is 1. The molecule has 0 aliphatic heterocycles. The van der Waals surface area contributed by atoms with Gasteiger partial charge in [0.1, 0.15) is 5.75 Å². The number of alkyl halides is 3. The zero-order valence-corrected chi connectivity index (χ0v) is 21.5. The Kier molecular flexibility index (Phi) is 8.28. The number of nitrogens with zero attached hydrogens (tertiary/aromatic N) is 3. The number of rotatable bonds is 10. The molecule has 1 saturated carbocycles. The summed E-state index contributed by atoms with van der Waals surface area (Å²) in [6, 6.07) is 12.2. The molecule has 1 aliphatic carbocycles. The predicted molar refractivity (Wildman–Crippen MR) is 135 cm³/mol. The van der Waals surface area contributed by atoms with Crippen LogP contribution in [0.1, 0.15) is 74.5 Å². The number of hydrogen-bond acceptors (Lipinski definition) is 6. The van der Waals surface area contributed by atoms with E-state index in [1.165, 1.54) is 32.4 Å². The van der Waals surface area contributed by atoms with E-state index in [2.05, 4.69) is 10.1 Å². The molecular formula is C28H32F3N3O4. The zero-order chi connectivity index (χ0) is 27.3. The van der Waals surface area contributed by atoms with E-state index in [9.17, 15) is 23.1 Å². The molecule has 1 fully saturated rings. The van der Waals surface area contributed by atoms with Gasteiger partial charge in [0.25, 0.3) is 5.95 Å². The first-order valence-electron chi connectivity index (χ1n) is 12.8. The van der Waals surface area contributed by atoms with Crippen molar-refractivity contribution in [1.29, 1.82) is 0 Å². The number of ether oxygens (including phenoxy) is 1. The van der Waals surface area contributed by atoms with Crippen LogP contribution < -0.4 is 9.64 Å². The van der Waals surface area contributed by atoms with Crippen molar-refractivity contribution >= 4 is 11.9 Å². The van der Waals surface area contributed by atoms with Gasteiger partial charge < -0.3 is 19.3 Å². The van der Waals surface area contributed by atoms with E-state index >= 15 is 0 Å². The highest BCUT2D eigenvalue weighted by molar-refractivity contribution is 5.76. The van der Waals surface area contributed by atoms with Gasteiger partial charge in [0, 0.05) is 19.0 Å². The average Bonchev–Trinajstić information content (AvgIpc) is 3.38. The van der Waals surface area contributed by atoms with Crippen LogP contribution in [0.4, 0.5) is 19.1 Å². The van der Waals surface area contributed by atoms with E-state index in [4.69, 9.17) is 9.26 Å². The SMILES string of the molecule is CC(C)(Oc1ccc(CCN(Cc2ccc(C(F)(F)F)cc2)c2noc(C3CCCCC3)n2)cc1)C(=O)O. The molecule has 0 unspecified atom stereocenters. The van der Waals surface area contributed by atoms with Gasteiger partial charge in [0.05, 0.1) is 5.56 Å². The molecule has 2 aromatic carbocycles. The molecule has 204 valence electrons. The number of carboxylic acids is 1. The van der Waals surface area contributed by atoms with Crippen molar-refractivity contribution in [1.82, 2.24) is 10.1 Å². The highest BCUT2D eigenvalue weighted by Gasteiger charge is 2.31. The van der Waals surface area contributed by atoms with Gasteiger partial charge in [-0.2, -0.15) is 18.2 Å². The van der Waals surface area contributed by atoms with E-state index in [1.54, 1.807) is 12.1 Å². The smallest absolute Gasteiger partial charge is 0.416 e. The average molecular weight is 532 g/mol. The highest BCUT2D eigenvalue weighted by atomic mass is 19.4. The fourth-order valence-corrected chi connectivity index (χ4v) is 4.47. The monoisotopic (exact) mass is 531 g/mol. The molecular weight excluding hydrogens is 499 g/mol. The number of aliphatic carboxylic acids is 1. The third-order valence-corrected chi connectivity index (χ3v) is 6.80. The van der Waals surface area contributed by atoms with Crippen LogP contribution in [0.3, 0.4) is 0 Å². The Balaban J connectivity index is 1.48. The lowest BCUT2D eigenvalue weighted by Crippen LogP contribution is -2.37.